The normalized spacial score (nSPS) is 11.4. The maximum Gasteiger partial charge on any atom is 0.261 e. The van der Waals surface area contributed by atoms with Crippen LogP contribution >= 0.6 is 11.6 Å². The van der Waals surface area contributed by atoms with Crippen molar-refractivity contribution in [3.63, 3.8) is 0 Å². The second-order valence-corrected chi connectivity index (χ2v) is 6.32. The van der Waals surface area contributed by atoms with Gasteiger partial charge in [-0.1, -0.05) is 23.7 Å². The zero-order valence-electron chi connectivity index (χ0n) is 13.2. The summed E-state index contributed by atoms with van der Waals surface area (Å²) in [5.41, 5.74) is 2.95. The summed E-state index contributed by atoms with van der Waals surface area (Å²) in [4.78, 5) is 20.5. The van der Waals surface area contributed by atoms with Gasteiger partial charge in [0.1, 0.15) is 5.82 Å². The molecule has 1 N–H and O–H groups in total. The number of benzene rings is 2. The highest BCUT2D eigenvalue weighted by molar-refractivity contribution is 6.31. The highest BCUT2D eigenvalue weighted by atomic mass is 35.5. The number of nitrogens with zero attached hydrogens (tertiary/aromatic N) is 2. The molecule has 0 saturated carbocycles. The zero-order valence-corrected chi connectivity index (χ0v) is 14.0. The van der Waals surface area contributed by atoms with Crippen molar-refractivity contribution in [2.24, 2.45) is 0 Å². The van der Waals surface area contributed by atoms with Crippen molar-refractivity contribution in [1.82, 2.24) is 14.5 Å². The van der Waals surface area contributed by atoms with Crippen molar-refractivity contribution in [3.05, 3.63) is 75.4 Å². The van der Waals surface area contributed by atoms with E-state index in [1.165, 1.54) is 0 Å². The number of H-pyrrole nitrogens is 1. The molecule has 0 unspecified atom stereocenters. The first-order chi connectivity index (χ1) is 11.6. The topological polar surface area (TPSA) is 50.7 Å². The molecular formula is C19H16ClN3O. The van der Waals surface area contributed by atoms with Gasteiger partial charge < -0.3 is 4.98 Å². The number of fused-ring (bicyclic) bond motifs is 2. The fourth-order valence-electron chi connectivity index (χ4n) is 3.13. The molecule has 0 aliphatic rings. The Kier molecular flexibility index (Phi) is 3.62. The van der Waals surface area contributed by atoms with Crippen LogP contribution in [0, 0.1) is 6.92 Å². The summed E-state index contributed by atoms with van der Waals surface area (Å²) in [5, 5.41) is 2.47. The van der Waals surface area contributed by atoms with E-state index in [4.69, 9.17) is 11.6 Å². The summed E-state index contributed by atoms with van der Waals surface area (Å²) in [6.07, 6.45) is 2.72. The lowest BCUT2D eigenvalue weighted by molar-refractivity contribution is 0.640. The fraction of sp³-hybridized carbons (Fsp3) is 0.158. The lowest BCUT2D eigenvalue weighted by Gasteiger charge is -2.10. The zero-order chi connectivity index (χ0) is 16.7. The molecule has 0 atom stereocenters. The molecule has 0 fully saturated rings. The summed E-state index contributed by atoms with van der Waals surface area (Å²) in [6.45, 7) is 2.46. The molecule has 24 heavy (non-hydrogen) atoms. The number of hydrogen-bond donors (Lipinski definition) is 1. The molecular weight excluding hydrogens is 322 g/mol. The highest BCUT2D eigenvalue weighted by Gasteiger charge is 2.09. The van der Waals surface area contributed by atoms with E-state index >= 15 is 0 Å². The summed E-state index contributed by atoms with van der Waals surface area (Å²) in [7, 11) is 0. The second-order valence-electron chi connectivity index (χ2n) is 5.89. The van der Waals surface area contributed by atoms with Gasteiger partial charge in [-0.3, -0.25) is 9.36 Å². The van der Waals surface area contributed by atoms with Gasteiger partial charge in [0.25, 0.3) is 5.56 Å². The molecule has 0 saturated heterocycles. The van der Waals surface area contributed by atoms with Crippen LogP contribution in [-0.4, -0.2) is 14.5 Å². The Hall–Kier alpha value is -2.59. The molecule has 5 heteroatoms. The van der Waals surface area contributed by atoms with Crippen molar-refractivity contribution in [2.75, 3.05) is 0 Å². The molecule has 120 valence electrons. The third kappa shape index (κ3) is 2.49. The summed E-state index contributed by atoms with van der Waals surface area (Å²) in [5.74, 6) is 0.733. The van der Waals surface area contributed by atoms with E-state index < -0.39 is 0 Å². The van der Waals surface area contributed by atoms with Gasteiger partial charge in [-0.2, -0.15) is 0 Å². The largest absolute Gasteiger partial charge is 0.361 e. The van der Waals surface area contributed by atoms with Crippen molar-refractivity contribution in [1.29, 1.82) is 0 Å². The third-order valence-corrected chi connectivity index (χ3v) is 4.62. The Morgan fingerprint density at radius 2 is 2.00 bits per heavy atom. The van der Waals surface area contributed by atoms with Crippen LogP contribution in [0.2, 0.25) is 5.02 Å². The molecule has 0 amide bonds. The van der Waals surface area contributed by atoms with E-state index in [1.807, 2.05) is 55.6 Å². The smallest absolute Gasteiger partial charge is 0.261 e. The van der Waals surface area contributed by atoms with Gasteiger partial charge in [-0.25, -0.2) is 4.98 Å². The molecule has 0 aliphatic carbocycles. The van der Waals surface area contributed by atoms with Gasteiger partial charge in [0.05, 0.1) is 10.9 Å². The van der Waals surface area contributed by atoms with Gasteiger partial charge in [0, 0.05) is 28.7 Å². The Bertz CT molecular complexity index is 1110. The Morgan fingerprint density at radius 3 is 2.88 bits per heavy atom. The van der Waals surface area contributed by atoms with E-state index in [9.17, 15) is 4.79 Å². The minimum absolute atomic E-state index is 0.0102. The first-order valence-corrected chi connectivity index (χ1v) is 8.23. The third-order valence-electron chi connectivity index (χ3n) is 4.39. The number of aromatic amines is 1. The van der Waals surface area contributed by atoms with Crippen LogP contribution in [0.1, 0.15) is 11.4 Å². The lowest BCUT2D eigenvalue weighted by atomic mass is 10.1. The van der Waals surface area contributed by atoms with Gasteiger partial charge in [0.15, 0.2) is 0 Å². The fourth-order valence-corrected chi connectivity index (χ4v) is 3.30. The standard InChI is InChI=1S/C19H16ClN3O/c1-12-22-18-5-3-2-4-15(18)19(24)23(12)9-8-13-11-21-17-7-6-14(20)10-16(13)17/h2-7,10-11,21H,8-9H2,1H3. The molecule has 4 nitrogen and oxygen atoms in total. The van der Waals surface area contributed by atoms with Crippen molar-refractivity contribution in [2.45, 2.75) is 19.9 Å². The van der Waals surface area contributed by atoms with E-state index in [1.54, 1.807) is 4.57 Å². The molecule has 0 radical (unpaired) electrons. The summed E-state index contributed by atoms with van der Waals surface area (Å²) in [6, 6.07) is 13.3. The molecule has 2 heterocycles. The maximum absolute atomic E-state index is 12.7. The number of halogens is 1. The van der Waals surface area contributed by atoms with E-state index in [2.05, 4.69) is 9.97 Å². The number of para-hydroxylation sites is 1. The Labute approximate surface area is 143 Å². The van der Waals surface area contributed by atoms with E-state index in [0.717, 1.165) is 34.2 Å². The van der Waals surface area contributed by atoms with Gasteiger partial charge >= 0.3 is 0 Å². The predicted octanol–water partition coefficient (Wildman–Crippen LogP) is 4.08. The van der Waals surface area contributed by atoms with Crippen LogP contribution in [0.15, 0.2) is 53.5 Å². The number of aromatic nitrogens is 3. The van der Waals surface area contributed by atoms with Crippen LogP contribution in [0.3, 0.4) is 0 Å². The molecule has 0 aliphatic heterocycles. The van der Waals surface area contributed by atoms with E-state index in [-0.39, 0.29) is 5.56 Å². The summed E-state index contributed by atoms with van der Waals surface area (Å²) < 4.78 is 1.74. The predicted molar refractivity (Wildman–Crippen MR) is 97.8 cm³/mol. The number of hydrogen-bond acceptors (Lipinski definition) is 2. The average Bonchev–Trinajstić information content (AvgIpc) is 2.97. The number of nitrogens with one attached hydrogen (secondary N) is 1. The monoisotopic (exact) mass is 337 g/mol. The minimum Gasteiger partial charge on any atom is -0.361 e. The van der Waals surface area contributed by atoms with Crippen molar-refractivity contribution >= 4 is 33.4 Å². The van der Waals surface area contributed by atoms with Crippen LogP contribution < -0.4 is 5.56 Å². The first-order valence-electron chi connectivity index (χ1n) is 7.85. The lowest BCUT2D eigenvalue weighted by Crippen LogP contribution is -2.24. The van der Waals surface area contributed by atoms with E-state index in [0.29, 0.717) is 17.0 Å². The Morgan fingerprint density at radius 1 is 1.17 bits per heavy atom. The molecule has 0 bridgehead atoms. The van der Waals surface area contributed by atoms with Gasteiger partial charge in [0.2, 0.25) is 0 Å². The van der Waals surface area contributed by atoms with Crippen molar-refractivity contribution < 1.29 is 0 Å². The highest BCUT2D eigenvalue weighted by Crippen LogP contribution is 2.23. The molecule has 4 aromatic rings. The summed E-state index contributed by atoms with van der Waals surface area (Å²) >= 11 is 6.10. The van der Waals surface area contributed by atoms with Crippen LogP contribution in [0.25, 0.3) is 21.8 Å². The molecule has 2 aromatic carbocycles. The van der Waals surface area contributed by atoms with Gasteiger partial charge in [-0.15, -0.1) is 0 Å². The average molecular weight is 338 g/mol. The molecule has 0 spiro atoms. The van der Waals surface area contributed by atoms with Crippen LogP contribution in [-0.2, 0) is 13.0 Å². The first kappa shape index (κ1) is 15.0. The second kappa shape index (κ2) is 5.80. The Balaban J connectivity index is 1.72. The quantitative estimate of drug-likeness (QED) is 0.612. The number of aryl methyl sites for hydroxylation is 2. The van der Waals surface area contributed by atoms with Gasteiger partial charge in [-0.05, 0) is 49.2 Å². The van der Waals surface area contributed by atoms with Crippen LogP contribution in [0.5, 0.6) is 0 Å². The molecule has 2 aromatic heterocycles. The maximum atomic E-state index is 12.7. The van der Waals surface area contributed by atoms with Crippen molar-refractivity contribution in [3.8, 4) is 0 Å². The van der Waals surface area contributed by atoms with Crippen LogP contribution in [0.4, 0.5) is 0 Å². The molecule has 4 rings (SSSR count). The minimum atomic E-state index is 0.0102. The SMILES string of the molecule is Cc1nc2ccccc2c(=O)n1CCc1c[nH]c2ccc(Cl)cc12. The number of rotatable bonds is 3.